The molecule has 0 saturated carbocycles. The molecule has 106 valence electrons. The molecule has 2 rings (SSSR count). The van der Waals surface area contributed by atoms with Crippen LogP contribution < -0.4 is 62.0 Å². The van der Waals surface area contributed by atoms with Crippen LogP contribution in [-0.4, -0.2) is 10.5 Å². The zero-order valence-electron chi connectivity index (χ0n) is 12.5. The number of hydrogen-bond acceptors (Lipinski definition) is 2. The minimum atomic E-state index is -0.639. The molecule has 0 atom stereocenters. The molecule has 0 saturated heterocycles. The Morgan fingerprint density at radius 1 is 0.857 bits per heavy atom. The van der Waals surface area contributed by atoms with E-state index in [1.165, 1.54) is 0 Å². The Morgan fingerprint density at radius 3 is 1.38 bits per heavy atom. The van der Waals surface area contributed by atoms with E-state index in [1.807, 2.05) is 60.7 Å². The van der Waals surface area contributed by atoms with Crippen LogP contribution in [0.5, 0.6) is 0 Å². The Hall–Kier alpha value is -0.284. The van der Waals surface area contributed by atoms with Crippen molar-refractivity contribution < 1.29 is 62.4 Å². The first kappa shape index (κ1) is 20.7. The summed E-state index contributed by atoms with van der Waals surface area (Å²) < 4.78 is 0. The van der Waals surface area contributed by atoms with Gasteiger partial charge in [0.05, 0.1) is 0 Å². The predicted octanol–water partition coefficient (Wildman–Crippen LogP) is 0.986. The molecule has 0 aliphatic heterocycles. The second-order valence-electron chi connectivity index (χ2n) is 3.63. The number of nitrogens with two attached hydrogens (primary N) is 1. The van der Waals surface area contributed by atoms with E-state index in [4.69, 9.17) is 4.79 Å². The van der Waals surface area contributed by atoms with E-state index in [2.05, 4.69) is 31.0 Å². The molecule has 0 fully saturated rings. The van der Waals surface area contributed by atoms with Crippen LogP contribution in [0.1, 0.15) is 1.43 Å². The number of hydrogen-bond donors (Lipinski definition) is 3. The summed E-state index contributed by atoms with van der Waals surface area (Å²) in [6.07, 6.45) is 0. The monoisotopic (exact) mass is 346 g/mol. The number of thiol groups is 2. The van der Waals surface area contributed by atoms with Crippen molar-refractivity contribution in [1.29, 1.82) is 0 Å². The molecule has 4 nitrogen and oxygen atoms in total. The summed E-state index contributed by atoms with van der Waals surface area (Å²) in [5.41, 5.74) is 5.96. The maximum absolute atomic E-state index is 11.5. The van der Waals surface area contributed by atoms with Crippen LogP contribution in [0.15, 0.2) is 60.7 Å². The maximum Gasteiger partial charge on any atom is 1.00 e. The number of rotatable bonds is 2. The van der Waals surface area contributed by atoms with Gasteiger partial charge in [-0.2, -0.15) is 0 Å². The van der Waals surface area contributed by atoms with Gasteiger partial charge in [0.2, 0.25) is 0 Å². The first-order chi connectivity index (χ1) is 9.52. The fourth-order valence-corrected chi connectivity index (χ4v) is 1.76. The molecule has 0 spiro atoms. The number of benzene rings is 2. The van der Waals surface area contributed by atoms with Crippen LogP contribution in [-0.2, 0) is 0 Å². The molecule has 0 unspecified atom stereocenters. The Balaban J connectivity index is 0. The van der Waals surface area contributed by atoms with Crippen molar-refractivity contribution in [2.45, 2.75) is 0 Å². The number of anilines is 2. The first-order valence-electron chi connectivity index (χ1n) is 5.64. The normalized spacial score (nSPS) is 8.67. The van der Waals surface area contributed by atoms with Crippen molar-refractivity contribution in [3.05, 3.63) is 60.7 Å². The van der Waals surface area contributed by atoms with Crippen LogP contribution >= 0.6 is 25.3 Å². The number of amides is 2. The van der Waals surface area contributed by atoms with Gasteiger partial charge in [0, 0.05) is 11.4 Å². The van der Waals surface area contributed by atoms with Crippen molar-refractivity contribution in [2.75, 3.05) is 4.90 Å². The van der Waals surface area contributed by atoms with Gasteiger partial charge >= 0.3 is 51.4 Å². The molecule has 2 N–H and O–H groups in total. The third-order valence-corrected chi connectivity index (χ3v) is 2.42. The molecule has 0 bridgehead atoms. The standard InChI is InChI=1S/C13H11NOS.CH3NOS.K.H/c15-13(16)14(11-7-3-1-4-8-11)12-9-5-2-6-10-12;2-1(3)4;;/h1-10H,(H,15,16);(H3,2,3,4);;/q;;+1;-1. The minimum Gasteiger partial charge on any atom is -1.00 e. The SMILES string of the molecule is NC(=O)S.O=C(S)N(c1ccccc1)c1ccccc1.[H-].[K+]. The third kappa shape index (κ3) is 8.06. The minimum absolute atomic E-state index is 0. The molecule has 7 heteroatoms. The van der Waals surface area contributed by atoms with Gasteiger partial charge in [0.15, 0.2) is 0 Å². The average molecular weight is 347 g/mol. The third-order valence-electron chi connectivity index (χ3n) is 2.22. The molecule has 2 amide bonds. The average Bonchev–Trinajstić information content (AvgIpc) is 2.40. The molecule has 0 aliphatic rings. The van der Waals surface area contributed by atoms with Crippen LogP contribution in [0.2, 0.25) is 0 Å². The Bertz CT molecular complexity index is 530. The van der Waals surface area contributed by atoms with E-state index < -0.39 is 5.24 Å². The Morgan fingerprint density at radius 2 is 1.14 bits per heavy atom. The molecular formula is C14H15KN2O2S2. The molecule has 21 heavy (non-hydrogen) atoms. The number of primary amides is 1. The van der Waals surface area contributed by atoms with Crippen molar-refractivity contribution >= 4 is 47.1 Å². The van der Waals surface area contributed by atoms with Crippen LogP contribution in [0.25, 0.3) is 0 Å². The number of carbonyl (C=O) groups excluding carboxylic acids is 2. The van der Waals surface area contributed by atoms with Gasteiger partial charge < -0.3 is 7.16 Å². The maximum atomic E-state index is 11.5. The molecular weight excluding hydrogens is 331 g/mol. The second-order valence-corrected chi connectivity index (χ2v) is 4.45. The summed E-state index contributed by atoms with van der Waals surface area (Å²) in [4.78, 5) is 22.2. The molecule has 0 radical (unpaired) electrons. The quantitative estimate of drug-likeness (QED) is 0.561. The Kier molecular flexibility index (Phi) is 11.2. The topological polar surface area (TPSA) is 63.4 Å². The molecule has 2 aromatic carbocycles. The van der Waals surface area contributed by atoms with E-state index >= 15 is 0 Å². The summed E-state index contributed by atoms with van der Waals surface area (Å²) >= 11 is 7.01. The molecule has 2 aromatic rings. The van der Waals surface area contributed by atoms with Crippen molar-refractivity contribution in [3.8, 4) is 0 Å². The summed E-state index contributed by atoms with van der Waals surface area (Å²) in [6, 6.07) is 18.9. The van der Waals surface area contributed by atoms with E-state index in [9.17, 15) is 4.79 Å². The van der Waals surface area contributed by atoms with Gasteiger partial charge in [0.25, 0.3) is 10.5 Å². The number of carbonyl (C=O) groups is 2. The van der Waals surface area contributed by atoms with Crippen molar-refractivity contribution in [3.63, 3.8) is 0 Å². The van der Waals surface area contributed by atoms with Crippen LogP contribution in [0.4, 0.5) is 21.0 Å². The smallest absolute Gasteiger partial charge is 1.00 e. The second kappa shape index (κ2) is 11.3. The first-order valence-corrected chi connectivity index (χ1v) is 6.53. The van der Waals surface area contributed by atoms with E-state index in [-0.39, 0.29) is 58.1 Å². The van der Waals surface area contributed by atoms with Gasteiger partial charge in [-0.15, -0.1) is 0 Å². The van der Waals surface area contributed by atoms with Gasteiger partial charge in [-0.25, -0.2) is 0 Å². The predicted molar refractivity (Wildman–Crippen MR) is 89.1 cm³/mol. The fraction of sp³-hybridized carbons (Fsp3) is 0. The number of nitrogens with zero attached hydrogens (tertiary/aromatic N) is 1. The summed E-state index contributed by atoms with van der Waals surface area (Å²) in [6.45, 7) is 0. The van der Waals surface area contributed by atoms with Crippen LogP contribution in [0, 0.1) is 0 Å². The summed E-state index contributed by atoms with van der Waals surface area (Å²) in [7, 11) is 0. The van der Waals surface area contributed by atoms with Crippen LogP contribution in [0.3, 0.4) is 0 Å². The van der Waals surface area contributed by atoms with Gasteiger partial charge in [-0.1, -0.05) is 61.7 Å². The van der Waals surface area contributed by atoms with Crippen molar-refractivity contribution in [2.24, 2.45) is 5.73 Å². The summed E-state index contributed by atoms with van der Waals surface area (Å²) in [5.74, 6) is 0. The zero-order chi connectivity index (χ0) is 15.0. The van der Waals surface area contributed by atoms with Gasteiger partial charge in [0.1, 0.15) is 0 Å². The molecule has 0 aromatic heterocycles. The van der Waals surface area contributed by atoms with E-state index in [0.717, 1.165) is 11.4 Å². The summed E-state index contributed by atoms with van der Waals surface area (Å²) in [5, 5.41) is -0.933. The number of para-hydroxylation sites is 2. The fourth-order valence-electron chi connectivity index (χ4n) is 1.52. The zero-order valence-corrected chi connectivity index (χ0v) is 16.4. The molecule has 0 aliphatic carbocycles. The van der Waals surface area contributed by atoms with Gasteiger partial charge in [-0.3, -0.25) is 14.5 Å². The molecule has 0 heterocycles. The van der Waals surface area contributed by atoms with E-state index in [0.29, 0.717) is 0 Å². The van der Waals surface area contributed by atoms with E-state index in [1.54, 1.807) is 4.90 Å². The Labute approximate surface area is 178 Å². The van der Waals surface area contributed by atoms with Gasteiger partial charge in [-0.05, 0) is 24.3 Å². The van der Waals surface area contributed by atoms with Crippen molar-refractivity contribution in [1.82, 2.24) is 0 Å². The largest absolute Gasteiger partial charge is 1.00 e.